The fourth-order valence-corrected chi connectivity index (χ4v) is 3.50. The summed E-state index contributed by atoms with van der Waals surface area (Å²) in [5, 5.41) is 13.3. The molecule has 0 aliphatic rings. The second kappa shape index (κ2) is 8.88. The van der Waals surface area contributed by atoms with Gasteiger partial charge in [-0.25, -0.2) is 4.98 Å². The van der Waals surface area contributed by atoms with Crippen molar-refractivity contribution in [1.82, 2.24) is 9.55 Å². The van der Waals surface area contributed by atoms with E-state index in [2.05, 4.69) is 16.4 Å². The van der Waals surface area contributed by atoms with Crippen LogP contribution in [-0.4, -0.2) is 35.1 Å². The topological polar surface area (TPSA) is 113 Å². The molecule has 9 heteroatoms. The number of nitrogens with one attached hydrogen (secondary N) is 1. The predicted molar refractivity (Wildman–Crippen MR) is 123 cm³/mol. The molecule has 0 aliphatic heterocycles. The van der Waals surface area contributed by atoms with Crippen LogP contribution in [0, 0.1) is 11.3 Å². The van der Waals surface area contributed by atoms with Gasteiger partial charge in [-0.2, -0.15) is 5.26 Å². The van der Waals surface area contributed by atoms with Crippen LogP contribution in [0.1, 0.15) is 12.5 Å². The molecule has 4 aromatic rings. The molecular weight excluding hydrogens is 422 g/mol. The molecule has 1 N–H and O–H groups in total. The monoisotopic (exact) mass is 443 g/mol. The minimum Gasteiger partial charge on any atom is -0.456 e. The Morgan fingerprint density at radius 3 is 2.82 bits per heavy atom. The van der Waals surface area contributed by atoms with Gasteiger partial charge < -0.3 is 23.9 Å². The van der Waals surface area contributed by atoms with Gasteiger partial charge in [-0.1, -0.05) is 12.1 Å². The number of nitrogens with zero attached hydrogens (tertiary/aromatic N) is 4. The minimum atomic E-state index is -0.520. The summed E-state index contributed by atoms with van der Waals surface area (Å²) in [7, 11) is 3.48. The number of aryl methyl sites for hydroxylation is 1. The normalized spacial score (nSPS) is 10.6. The van der Waals surface area contributed by atoms with Gasteiger partial charge >= 0.3 is 5.97 Å². The first kappa shape index (κ1) is 21.6. The molecule has 2 aromatic carbocycles. The van der Waals surface area contributed by atoms with Crippen molar-refractivity contribution in [2.75, 3.05) is 23.9 Å². The molecule has 0 unspecified atom stereocenters. The van der Waals surface area contributed by atoms with E-state index in [0.29, 0.717) is 22.6 Å². The van der Waals surface area contributed by atoms with Crippen molar-refractivity contribution in [3.8, 4) is 17.4 Å². The van der Waals surface area contributed by atoms with Crippen LogP contribution in [0.2, 0.25) is 0 Å². The molecule has 2 heterocycles. The zero-order valence-electron chi connectivity index (χ0n) is 18.3. The summed E-state index contributed by atoms with van der Waals surface area (Å²) in [4.78, 5) is 29.1. The van der Waals surface area contributed by atoms with Crippen LogP contribution in [0.3, 0.4) is 0 Å². The number of ether oxygens (including phenoxy) is 1. The van der Waals surface area contributed by atoms with Gasteiger partial charge in [0.15, 0.2) is 12.4 Å². The van der Waals surface area contributed by atoms with E-state index >= 15 is 0 Å². The molecule has 33 heavy (non-hydrogen) atoms. The fraction of sp³-hybridized carbons (Fsp3) is 0.167. The van der Waals surface area contributed by atoms with Gasteiger partial charge in [0.2, 0.25) is 0 Å². The van der Waals surface area contributed by atoms with Crippen molar-refractivity contribution in [3.05, 3.63) is 60.4 Å². The highest BCUT2D eigenvalue weighted by Gasteiger charge is 2.19. The number of fused-ring (bicyclic) bond motifs is 1. The average molecular weight is 443 g/mol. The Kier molecular flexibility index (Phi) is 5.83. The van der Waals surface area contributed by atoms with Crippen molar-refractivity contribution >= 4 is 40.2 Å². The van der Waals surface area contributed by atoms with E-state index in [1.807, 2.05) is 41.9 Å². The fourth-order valence-electron chi connectivity index (χ4n) is 3.50. The summed E-state index contributed by atoms with van der Waals surface area (Å²) in [6.07, 6.45) is 3.36. The number of benzene rings is 2. The number of hydrogen-bond acceptors (Lipinski definition) is 7. The highest BCUT2D eigenvalue weighted by Crippen LogP contribution is 2.33. The summed E-state index contributed by atoms with van der Waals surface area (Å²) in [6.45, 7) is 0.904. The van der Waals surface area contributed by atoms with Crippen LogP contribution in [0.4, 0.5) is 17.4 Å². The smallest absolute Gasteiger partial charge is 0.303 e. The molecule has 2 aromatic heterocycles. The first-order valence-electron chi connectivity index (χ1n) is 10.1. The molecule has 0 spiro atoms. The third-order valence-corrected chi connectivity index (χ3v) is 5.17. The summed E-state index contributed by atoms with van der Waals surface area (Å²) in [5.74, 6) is -0.427. The maximum atomic E-state index is 12.4. The maximum Gasteiger partial charge on any atom is 0.303 e. The molecule has 166 valence electrons. The zero-order chi connectivity index (χ0) is 23.5. The lowest BCUT2D eigenvalue weighted by atomic mass is 10.1. The average Bonchev–Trinajstić information content (AvgIpc) is 3.41. The van der Waals surface area contributed by atoms with Crippen LogP contribution >= 0.6 is 0 Å². The molecule has 0 saturated carbocycles. The summed E-state index contributed by atoms with van der Waals surface area (Å²) < 4.78 is 12.6. The Morgan fingerprint density at radius 1 is 1.27 bits per heavy atom. The number of esters is 1. The number of nitriles is 1. The third kappa shape index (κ3) is 4.41. The number of oxazole rings is 1. The predicted octanol–water partition coefficient (Wildman–Crippen LogP) is 3.97. The van der Waals surface area contributed by atoms with E-state index in [4.69, 9.17) is 9.15 Å². The second-order valence-corrected chi connectivity index (χ2v) is 7.40. The lowest BCUT2D eigenvalue weighted by Crippen LogP contribution is -2.31. The van der Waals surface area contributed by atoms with E-state index in [9.17, 15) is 14.9 Å². The number of rotatable bonds is 6. The van der Waals surface area contributed by atoms with E-state index in [1.165, 1.54) is 11.8 Å². The van der Waals surface area contributed by atoms with Crippen LogP contribution in [0.25, 0.3) is 22.2 Å². The molecule has 0 atom stereocenters. The molecule has 0 bridgehead atoms. The van der Waals surface area contributed by atoms with Crippen LogP contribution in [-0.2, 0) is 21.4 Å². The molecule has 0 saturated heterocycles. The van der Waals surface area contributed by atoms with Gasteiger partial charge in [0.25, 0.3) is 11.9 Å². The Balaban J connectivity index is 1.58. The maximum absolute atomic E-state index is 12.4. The van der Waals surface area contributed by atoms with E-state index in [0.717, 1.165) is 16.6 Å². The molecule has 9 nitrogen and oxygen atoms in total. The SMILES string of the molecule is CC(=O)OCC(=O)N(C)c1ccccc1-c1cnc(Nc2ccc3c(C#N)cn(C)c3c2)o1. The van der Waals surface area contributed by atoms with Gasteiger partial charge in [-0.15, -0.1) is 0 Å². The molecule has 4 rings (SSSR count). The number of aromatic nitrogens is 2. The molecule has 0 radical (unpaired) electrons. The van der Waals surface area contributed by atoms with Gasteiger partial charge in [-0.3, -0.25) is 9.59 Å². The number of carbonyl (C=O) groups is 2. The van der Waals surface area contributed by atoms with Crippen LogP contribution in [0.15, 0.2) is 59.3 Å². The van der Waals surface area contributed by atoms with Gasteiger partial charge in [0.1, 0.15) is 6.07 Å². The Bertz CT molecular complexity index is 1400. The third-order valence-electron chi connectivity index (χ3n) is 5.17. The quantitative estimate of drug-likeness (QED) is 0.449. The van der Waals surface area contributed by atoms with Crippen molar-refractivity contribution in [2.24, 2.45) is 7.05 Å². The minimum absolute atomic E-state index is 0.280. The van der Waals surface area contributed by atoms with Crippen molar-refractivity contribution in [3.63, 3.8) is 0 Å². The second-order valence-electron chi connectivity index (χ2n) is 7.40. The molecule has 0 fully saturated rings. The number of amides is 1. The molecule has 1 amide bonds. The lowest BCUT2D eigenvalue weighted by molar-refractivity contribution is -0.145. The largest absolute Gasteiger partial charge is 0.456 e. The van der Waals surface area contributed by atoms with E-state index in [-0.39, 0.29) is 18.5 Å². The summed E-state index contributed by atoms with van der Waals surface area (Å²) in [6, 6.07) is 15.3. The molecular formula is C24H21N5O4. The van der Waals surface area contributed by atoms with Crippen molar-refractivity contribution in [2.45, 2.75) is 6.92 Å². The number of para-hydroxylation sites is 1. The number of likely N-dealkylation sites (N-methyl/N-ethyl adjacent to an activating group) is 1. The summed E-state index contributed by atoms with van der Waals surface area (Å²) >= 11 is 0. The van der Waals surface area contributed by atoms with Crippen molar-refractivity contribution < 1.29 is 18.7 Å². The summed E-state index contributed by atoms with van der Waals surface area (Å²) in [5.41, 5.74) is 3.52. The first-order chi connectivity index (χ1) is 15.9. The van der Waals surface area contributed by atoms with E-state index < -0.39 is 5.97 Å². The zero-order valence-corrected chi connectivity index (χ0v) is 18.3. The van der Waals surface area contributed by atoms with Gasteiger partial charge in [0.05, 0.1) is 23.0 Å². The standard InChI is InChI=1S/C24H21N5O4/c1-15(30)32-14-23(31)29(3)20-7-5-4-6-19(20)22-12-26-24(33-22)27-17-8-9-18-16(11-25)13-28(2)21(18)10-17/h4-10,12-13H,14H2,1-3H3,(H,26,27). The van der Waals surface area contributed by atoms with Crippen LogP contribution < -0.4 is 10.2 Å². The first-order valence-corrected chi connectivity index (χ1v) is 10.1. The highest BCUT2D eigenvalue weighted by atomic mass is 16.5. The lowest BCUT2D eigenvalue weighted by Gasteiger charge is -2.19. The highest BCUT2D eigenvalue weighted by molar-refractivity contribution is 5.98. The Morgan fingerprint density at radius 2 is 2.06 bits per heavy atom. The van der Waals surface area contributed by atoms with Gasteiger partial charge in [0, 0.05) is 43.9 Å². The number of carbonyl (C=O) groups excluding carboxylic acids is 2. The number of anilines is 3. The van der Waals surface area contributed by atoms with Crippen LogP contribution in [0.5, 0.6) is 0 Å². The molecule has 0 aliphatic carbocycles. The number of hydrogen-bond donors (Lipinski definition) is 1. The van der Waals surface area contributed by atoms with E-state index in [1.54, 1.807) is 31.6 Å². The Hall–Kier alpha value is -4.58. The Labute approximate surface area is 189 Å². The van der Waals surface area contributed by atoms with Crippen molar-refractivity contribution in [1.29, 1.82) is 5.26 Å². The van der Waals surface area contributed by atoms with Gasteiger partial charge in [-0.05, 0) is 30.3 Å².